The monoisotopic (exact) mass is 375 g/mol. The van der Waals surface area contributed by atoms with Crippen LogP contribution in [-0.2, 0) is 16.5 Å². The number of aromatic amines is 1. The van der Waals surface area contributed by atoms with Gasteiger partial charge in [-0.15, -0.1) is 0 Å². The van der Waals surface area contributed by atoms with E-state index in [0.717, 1.165) is 4.57 Å². The van der Waals surface area contributed by atoms with Crippen molar-refractivity contribution in [2.24, 2.45) is 0 Å². The lowest BCUT2D eigenvalue weighted by Gasteiger charge is -2.08. The van der Waals surface area contributed by atoms with Crippen LogP contribution in [0, 0.1) is 6.92 Å². The van der Waals surface area contributed by atoms with Gasteiger partial charge in [0.1, 0.15) is 5.75 Å². The molecule has 1 aromatic carbocycles. The van der Waals surface area contributed by atoms with Crippen molar-refractivity contribution in [2.75, 3.05) is 7.11 Å². The Morgan fingerprint density at radius 2 is 2.19 bits per heavy atom. The molecule has 132 valence electrons. The first kappa shape index (κ1) is 9.14. The van der Waals surface area contributed by atoms with E-state index in [1.54, 1.807) is 6.92 Å². The molecule has 0 spiro atoms. The van der Waals surface area contributed by atoms with E-state index in [-0.39, 0.29) is 16.7 Å². The molecule has 0 aliphatic rings. The van der Waals surface area contributed by atoms with E-state index in [1.807, 2.05) is 0 Å². The van der Waals surface area contributed by atoms with Crippen molar-refractivity contribution in [3.63, 3.8) is 0 Å². The first-order chi connectivity index (χ1) is 16.3. The molecule has 0 saturated carbocycles. The fourth-order valence-electron chi connectivity index (χ4n) is 2.29. The molecule has 3 heterocycles. The Bertz CT molecular complexity index is 1510. The van der Waals surface area contributed by atoms with Gasteiger partial charge in [0.05, 0.1) is 49.9 Å². The average molecular weight is 376 g/mol. The van der Waals surface area contributed by atoms with Crippen LogP contribution in [0.1, 0.15) is 23.6 Å². The highest BCUT2D eigenvalue weighted by molar-refractivity contribution is 7.84. The van der Waals surface area contributed by atoms with Gasteiger partial charge in [0.25, 0.3) is 0 Å². The van der Waals surface area contributed by atoms with Crippen molar-refractivity contribution in [2.45, 2.75) is 17.8 Å². The maximum atomic E-state index is 13.3. The number of ether oxygens (including phenoxy) is 1. The molecule has 0 radical (unpaired) electrons. The van der Waals surface area contributed by atoms with Crippen LogP contribution in [0.25, 0.3) is 16.7 Å². The van der Waals surface area contributed by atoms with Crippen molar-refractivity contribution in [3.8, 4) is 11.4 Å². The molecule has 0 bridgehead atoms. The summed E-state index contributed by atoms with van der Waals surface area (Å²) in [5, 5.41) is -0.403. The molecular weight excluding hydrogens is 348 g/mol. The summed E-state index contributed by atoms with van der Waals surface area (Å²) in [5.74, 6) is 0.345. The summed E-state index contributed by atoms with van der Waals surface area (Å²) in [6.45, 7) is 1.56. The first-order valence-corrected chi connectivity index (χ1v) is 8.56. The summed E-state index contributed by atoms with van der Waals surface area (Å²) in [6, 6.07) is -1.20. The molecule has 4 rings (SSSR count). The summed E-state index contributed by atoms with van der Waals surface area (Å²) >= 11 is 0. The molecule has 7 heteroatoms. The summed E-state index contributed by atoms with van der Waals surface area (Å²) in [4.78, 5) is 10.7. The molecule has 0 aliphatic carbocycles. The van der Waals surface area contributed by atoms with Gasteiger partial charge in [-0.1, -0.05) is 0 Å². The minimum atomic E-state index is -2.55. The molecule has 1 atom stereocenters. The minimum absolute atomic E-state index is 0.148. The highest BCUT2D eigenvalue weighted by Crippen LogP contribution is 2.22. The highest BCUT2D eigenvalue weighted by Gasteiger charge is 2.15. The van der Waals surface area contributed by atoms with Gasteiger partial charge < -0.3 is 14.3 Å². The Morgan fingerprint density at radius 1 is 1.38 bits per heavy atom. The topological polar surface area (TPSA) is 72.8 Å². The highest BCUT2D eigenvalue weighted by atomic mass is 32.2. The first-order valence-electron chi connectivity index (χ1n) is 11.9. The average Bonchev–Trinajstić information content (AvgIpc) is 3.35. The van der Waals surface area contributed by atoms with Gasteiger partial charge in [-0.3, -0.25) is 9.19 Å². The number of nitrogens with zero attached hydrogens (tertiary/aromatic N) is 3. The molecule has 4 aromatic rings. The van der Waals surface area contributed by atoms with Crippen LogP contribution in [0.5, 0.6) is 5.75 Å². The zero-order valence-corrected chi connectivity index (χ0v) is 14.5. The largest absolute Gasteiger partial charge is 0.496 e. The van der Waals surface area contributed by atoms with Crippen LogP contribution in [0.3, 0.4) is 0 Å². The van der Waals surface area contributed by atoms with Gasteiger partial charge in [0.2, 0.25) is 0 Å². The van der Waals surface area contributed by atoms with E-state index >= 15 is 0 Å². The molecule has 26 heavy (non-hydrogen) atoms. The smallest absolute Gasteiger partial charge is 0.197 e. The summed E-state index contributed by atoms with van der Waals surface area (Å²) in [5.41, 5.74) is -3.14. The number of nitrogens with one attached hydrogen (secondary N) is 1. The Hall–Kier alpha value is -2.93. The predicted octanol–water partition coefficient (Wildman–Crippen LogP) is 3.37. The normalized spacial score (nSPS) is 17.8. The van der Waals surface area contributed by atoms with E-state index in [1.165, 1.54) is 19.4 Å². The molecular formula is C19H18N4O2S. The molecule has 1 N–H and O–H groups in total. The van der Waals surface area contributed by atoms with Crippen molar-refractivity contribution in [1.29, 1.82) is 0 Å². The van der Waals surface area contributed by atoms with Gasteiger partial charge in [-0.2, -0.15) is 0 Å². The van der Waals surface area contributed by atoms with Gasteiger partial charge in [-0.05, 0) is 43.2 Å². The zero-order valence-electron chi connectivity index (χ0n) is 22.7. The standard InChI is InChI=1S/C19H18N4O2S/c1-13-17(20-8-7-18(13)25-2)12-26(24)19-21-15-6-5-14(11-16(15)22-19)23-9-3-4-10-23/h3-11H,12H2,1-2H3,(H,21,22)/i3D,4D,5D,6D,9D,10D,11D,12D2. The third-order valence-electron chi connectivity index (χ3n) is 3.59. The van der Waals surface area contributed by atoms with Crippen LogP contribution in [0.2, 0.25) is 0 Å². The number of imidazole rings is 1. The number of benzene rings is 1. The quantitative estimate of drug-likeness (QED) is 0.580. The minimum Gasteiger partial charge on any atom is -0.496 e. The second kappa shape index (κ2) is 6.76. The number of hydrogen-bond donors (Lipinski definition) is 1. The van der Waals surface area contributed by atoms with Crippen LogP contribution < -0.4 is 4.74 Å². The number of pyridine rings is 1. The lowest BCUT2D eigenvalue weighted by atomic mass is 10.2. The Kier molecular flexibility index (Phi) is 2.38. The van der Waals surface area contributed by atoms with E-state index in [2.05, 4.69) is 15.0 Å². The number of methoxy groups -OCH3 is 1. The summed E-state index contributed by atoms with van der Waals surface area (Å²) in [7, 11) is -1.10. The molecule has 3 aromatic heterocycles. The van der Waals surface area contributed by atoms with Crippen LogP contribution in [-0.4, -0.2) is 30.8 Å². The second-order valence-corrected chi connectivity index (χ2v) is 6.28. The predicted molar refractivity (Wildman–Crippen MR) is 101 cm³/mol. The number of aromatic nitrogens is 4. The number of hydrogen-bond acceptors (Lipinski definition) is 4. The Morgan fingerprint density at radius 3 is 2.96 bits per heavy atom. The van der Waals surface area contributed by atoms with Crippen LogP contribution in [0.15, 0.2) is 60.0 Å². The van der Waals surface area contributed by atoms with Gasteiger partial charge in [0, 0.05) is 32.5 Å². The van der Waals surface area contributed by atoms with E-state index in [4.69, 9.17) is 17.1 Å². The Balaban J connectivity index is 1.92. The molecule has 0 amide bonds. The number of rotatable bonds is 5. The molecule has 0 saturated heterocycles. The number of H-pyrrole nitrogens is 1. The molecule has 0 aliphatic heterocycles. The number of fused-ring (bicyclic) bond motifs is 1. The second-order valence-electron chi connectivity index (χ2n) is 5.16. The molecule has 1 unspecified atom stereocenters. The lowest BCUT2D eigenvalue weighted by Crippen LogP contribution is -2.03. The van der Waals surface area contributed by atoms with E-state index in [0.29, 0.717) is 11.3 Å². The maximum absolute atomic E-state index is 13.3. The van der Waals surface area contributed by atoms with Crippen molar-refractivity contribution < 1.29 is 21.3 Å². The van der Waals surface area contributed by atoms with Crippen LogP contribution >= 0.6 is 0 Å². The van der Waals surface area contributed by atoms with Gasteiger partial charge >= 0.3 is 0 Å². The van der Waals surface area contributed by atoms with Crippen molar-refractivity contribution >= 4 is 21.8 Å². The summed E-state index contributed by atoms with van der Waals surface area (Å²) in [6.07, 6.45) is 0.117. The van der Waals surface area contributed by atoms with E-state index in [9.17, 15) is 4.21 Å². The SMILES string of the molecule is [2H]c1c(-n2c([2H])c([2H])c([2H])c2[2H])c([2H])c2[nH]c(S(=O)C([2H])([2H])c3nccc(OC)c3C)nc2c1[2H]. The summed E-state index contributed by atoms with van der Waals surface area (Å²) < 4.78 is 93.0. The van der Waals surface area contributed by atoms with Crippen molar-refractivity contribution in [3.05, 3.63) is 66.1 Å². The van der Waals surface area contributed by atoms with E-state index < -0.39 is 69.9 Å². The molecule has 0 fully saturated rings. The third-order valence-corrected chi connectivity index (χ3v) is 4.51. The third kappa shape index (κ3) is 3.01. The van der Waals surface area contributed by atoms with Crippen molar-refractivity contribution in [1.82, 2.24) is 19.5 Å². The lowest BCUT2D eigenvalue weighted by molar-refractivity contribution is 0.410. The van der Waals surface area contributed by atoms with Crippen LogP contribution in [0.4, 0.5) is 0 Å². The zero-order chi connectivity index (χ0) is 26.0. The van der Waals surface area contributed by atoms with Gasteiger partial charge in [-0.25, -0.2) is 4.98 Å². The molecule has 6 nitrogen and oxygen atoms in total. The maximum Gasteiger partial charge on any atom is 0.197 e. The Labute approximate surface area is 166 Å². The van der Waals surface area contributed by atoms with Gasteiger partial charge in [0.15, 0.2) is 5.16 Å². The fourth-order valence-corrected chi connectivity index (χ4v) is 3.13. The fraction of sp³-hybridized carbons (Fsp3) is 0.158.